The molecule has 0 aliphatic heterocycles. The lowest BCUT2D eigenvalue weighted by Crippen LogP contribution is -2.25. The van der Waals surface area contributed by atoms with Crippen molar-refractivity contribution in [3.63, 3.8) is 0 Å². The summed E-state index contributed by atoms with van der Waals surface area (Å²) in [5.41, 5.74) is 3.37. The molecule has 0 radical (unpaired) electrons. The Labute approximate surface area is 207 Å². The molecule has 2 amide bonds. The lowest BCUT2D eigenvalue weighted by molar-refractivity contribution is 0.0951. The second-order valence-corrected chi connectivity index (χ2v) is 8.97. The SMILES string of the molecule is O=C(Nc1ccccc1C(=O)NCc1cccnc1)c1ccc(CSc2ccc(Cl)cc2)cc1. The van der Waals surface area contributed by atoms with E-state index in [2.05, 4.69) is 15.6 Å². The van der Waals surface area contributed by atoms with Crippen LogP contribution in [0.3, 0.4) is 0 Å². The van der Waals surface area contributed by atoms with Gasteiger partial charge in [-0.1, -0.05) is 41.9 Å². The van der Waals surface area contributed by atoms with E-state index in [-0.39, 0.29) is 11.8 Å². The average molecular weight is 488 g/mol. The highest BCUT2D eigenvalue weighted by Gasteiger charge is 2.14. The number of halogens is 1. The van der Waals surface area contributed by atoms with Gasteiger partial charge in [0.2, 0.25) is 0 Å². The van der Waals surface area contributed by atoms with Gasteiger partial charge in [-0.3, -0.25) is 14.6 Å². The third-order valence-electron chi connectivity index (χ3n) is 5.03. The van der Waals surface area contributed by atoms with E-state index in [0.29, 0.717) is 28.4 Å². The van der Waals surface area contributed by atoms with Crippen LogP contribution in [-0.2, 0) is 12.3 Å². The predicted molar refractivity (Wildman–Crippen MR) is 137 cm³/mol. The number of rotatable bonds is 8. The molecule has 1 aromatic heterocycles. The number of hydrogen-bond acceptors (Lipinski definition) is 4. The number of nitrogens with one attached hydrogen (secondary N) is 2. The van der Waals surface area contributed by atoms with Gasteiger partial charge >= 0.3 is 0 Å². The fraction of sp³-hybridized carbons (Fsp3) is 0.0741. The van der Waals surface area contributed by atoms with E-state index in [0.717, 1.165) is 21.8 Å². The zero-order valence-corrected chi connectivity index (χ0v) is 19.8. The Bertz CT molecular complexity index is 1260. The van der Waals surface area contributed by atoms with Gasteiger partial charge in [0, 0.05) is 40.2 Å². The lowest BCUT2D eigenvalue weighted by atomic mass is 10.1. The number of amides is 2. The number of nitrogens with zero attached hydrogens (tertiary/aromatic N) is 1. The molecule has 1 heterocycles. The molecule has 170 valence electrons. The van der Waals surface area contributed by atoms with Gasteiger partial charge in [0.25, 0.3) is 11.8 Å². The van der Waals surface area contributed by atoms with Gasteiger partial charge in [0.1, 0.15) is 0 Å². The number of benzene rings is 3. The van der Waals surface area contributed by atoms with E-state index in [1.54, 1.807) is 60.6 Å². The van der Waals surface area contributed by atoms with Crippen molar-refractivity contribution < 1.29 is 9.59 Å². The molecule has 3 aromatic carbocycles. The van der Waals surface area contributed by atoms with Crippen molar-refractivity contribution >= 4 is 40.9 Å². The van der Waals surface area contributed by atoms with E-state index in [1.165, 1.54) is 0 Å². The van der Waals surface area contributed by atoms with Crippen LogP contribution in [0.2, 0.25) is 5.02 Å². The predicted octanol–water partition coefficient (Wildman–Crippen LogP) is 6.21. The van der Waals surface area contributed by atoms with Crippen LogP contribution in [0.1, 0.15) is 31.8 Å². The van der Waals surface area contributed by atoms with E-state index < -0.39 is 0 Å². The Hall–Kier alpha value is -3.61. The van der Waals surface area contributed by atoms with Gasteiger partial charge < -0.3 is 10.6 Å². The Morgan fingerprint density at radius 2 is 1.59 bits per heavy atom. The summed E-state index contributed by atoms with van der Waals surface area (Å²) in [6.45, 7) is 0.352. The Morgan fingerprint density at radius 3 is 2.32 bits per heavy atom. The normalized spacial score (nSPS) is 10.5. The fourth-order valence-corrected chi connectivity index (χ4v) is 4.19. The van der Waals surface area contributed by atoms with Crippen molar-refractivity contribution in [1.82, 2.24) is 10.3 Å². The summed E-state index contributed by atoms with van der Waals surface area (Å²) in [4.78, 5) is 30.7. The molecule has 0 saturated carbocycles. The molecule has 0 spiro atoms. The zero-order valence-electron chi connectivity index (χ0n) is 18.2. The van der Waals surface area contributed by atoms with E-state index in [9.17, 15) is 9.59 Å². The number of carbonyl (C=O) groups is 2. The van der Waals surface area contributed by atoms with Crippen LogP contribution in [0.15, 0.2) is 102 Å². The largest absolute Gasteiger partial charge is 0.348 e. The van der Waals surface area contributed by atoms with E-state index in [1.807, 2.05) is 48.5 Å². The zero-order chi connectivity index (χ0) is 23.8. The van der Waals surface area contributed by atoms with Crippen LogP contribution in [0.4, 0.5) is 5.69 Å². The molecule has 4 rings (SSSR count). The van der Waals surface area contributed by atoms with Crippen molar-refractivity contribution in [2.45, 2.75) is 17.2 Å². The molecule has 7 heteroatoms. The Morgan fingerprint density at radius 1 is 0.824 bits per heavy atom. The Kier molecular flexibility index (Phi) is 7.96. The number of pyridine rings is 1. The molecule has 0 fully saturated rings. The summed E-state index contributed by atoms with van der Waals surface area (Å²) < 4.78 is 0. The van der Waals surface area contributed by atoms with Crippen LogP contribution in [0, 0.1) is 0 Å². The van der Waals surface area contributed by atoms with E-state index in [4.69, 9.17) is 11.6 Å². The van der Waals surface area contributed by atoms with Crippen molar-refractivity contribution in [2.75, 3.05) is 5.32 Å². The molecule has 0 aliphatic carbocycles. The smallest absolute Gasteiger partial charge is 0.255 e. The summed E-state index contributed by atoms with van der Waals surface area (Å²) in [6, 6.07) is 25.8. The number of aromatic nitrogens is 1. The molecular weight excluding hydrogens is 466 g/mol. The molecule has 5 nitrogen and oxygen atoms in total. The summed E-state index contributed by atoms with van der Waals surface area (Å²) in [6.07, 6.45) is 3.38. The second-order valence-electron chi connectivity index (χ2n) is 7.48. The maximum Gasteiger partial charge on any atom is 0.255 e. The van der Waals surface area contributed by atoms with Crippen LogP contribution in [-0.4, -0.2) is 16.8 Å². The van der Waals surface area contributed by atoms with Gasteiger partial charge in [0.15, 0.2) is 0 Å². The molecule has 0 bridgehead atoms. The first kappa shape index (κ1) is 23.5. The summed E-state index contributed by atoms with van der Waals surface area (Å²) >= 11 is 7.63. The molecule has 34 heavy (non-hydrogen) atoms. The summed E-state index contributed by atoms with van der Waals surface area (Å²) in [7, 11) is 0. The van der Waals surface area contributed by atoms with Crippen LogP contribution >= 0.6 is 23.4 Å². The maximum atomic E-state index is 12.8. The molecule has 4 aromatic rings. The van der Waals surface area contributed by atoms with Gasteiger partial charge in [-0.05, 0) is 65.7 Å². The highest BCUT2D eigenvalue weighted by atomic mass is 35.5. The lowest BCUT2D eigenvalue weighted by Gasteiger charge is -2.12. The highest BCUT2D eigenvalue weighted by molar-refractivity contribution is 7.98. The fourth-order valence-electron chi connectivity index (χ4n) is 3.21. The van der Waals surface area contributed by atoms with E-state index >= 15 is 0 Å². The minimum absolute atomic E-state index is 0.269. The average Bonchev–Trinajstić information content (AvgIpc) is 2.88. The molecule has 0 aliphatic rings. The molecular formula is C27H22ClN3O2S. The highest BCUT2D eigenvalue weighted by Crippen LogP contribution is 2.24. The van der Waals surface area contributed by atoms with Crippen molar-refractivity contribution in [1.29, 1.82) is 0 Å². The van der Waals surface area contributed by atoms with Gasteiger partial charge in [-0.25, -0.2) is 0 Å². The van der Waals surface area contributed by atoms with Gasteiger partial charge in [0.05, 0.1) is 11.3 Å². The van der Waals surface area contributed by atoms with Crippen molar-refractivity contribution in [2.24, 2.45) is 0 Å². The van der Waals surface area contributed by atoms with Crippen LogP contribution in [0.25, 0.3) is 0 Å². The van der Waals surface area contributed by atoms with Crippen molar-refractivity contribution in [3.8, 4) is 0 Å². The summed E-state index contributed by atoms with van der Waals surface area (Å²) in [5.74, 6) is 0.238. The molecule has 2 N–H and O–H groups in total. The second kappa shape index (κ2) is 11.5. The van der Waals surface area contributed by atoms with Crippen molar-refractivity contribution in [3.05, 3.63) is 125 Å². The quantitative estimate of drug-likeness (QED) is 0.290. The number of hydrogen-bond donors (Lipinski definition) is 2. The first-order valence-corrected chi connectivity index (χ1v) is 12.0. The summed E-state index contributed by atoms with van der Waals surface area (Å²) in [5, 5.41) is 6.44. The topological polar surface area (TPSA) is 71.1 Å². The standard InChI is InChI=1S/C27H22ClN3O2S/c28-22-11-13-23(14-12-22)34-18-19-7-9-21(10-8-19)26(32)31-25-6-2-1-5-24(25)27(33)30-17-20-4-3-15-29-16-20/h1-16H,17-18H2,(H,30,33)(H,31,32). The monoisotopic (exact) mass is 487 g/mol. The number of anilines is 1. The maximum absolute atomic E-state index is 12.8. The minimum atomic E-state index is -0.274. The number of carbonyl (C=O) groups excluding carboxylic acids is 2. The number of thioether (sulfide) groups is 1. The third kappa shape index (κ3) is 6.47. The van der Waals surface area contributed by atoms with Gasteiger partial charge in [-0.15, -0.1) is 11.8 Å². The third-order valence-corrected chi connectivity index (χ3v) is 6.37. The van der Waals surface area contributed by atoms with Gasteiger partial charge in [-0.2, -0.15) is 0 Å². The first-order valence-electron chi connectivity index (χ1n) is 10.6. The Balaban J connectivity index is 1.36. The van der Waals surface area contributed by atoms with Crippen LogP contribution < -0.4 is 10.6 Å². The molecule has 0 atom stereocenters. The first-order chi connectivity index (χ1) is 16.6. The van der Waals surface area contributed by atoms with Crippen LogP contribution in [0.5, 0.6) is 0 Å². The molecule has 0 unspecified atom stereocenters. The minimum Gasteiger partial charge on any atom is -0.348 e. The molecule has 0 saturated heterocycles. The number of para-hydroxylation sites is 1.